The largest absolute Gasteiger partial charge is 0.424 e. The van der Waals surface area contributed by atoms with Crippen molar-refractivity contribution < 1.29 is 4.42 Å². The van der Waals surface area contributed by atoms with Gasteiger partial charge >= 0.3 is 0 Å². The van der Waals surface area contributed by atoms with Crippen LogP contribution in [0.4, 0.5) is 6.01 Å². The molecule has 2 aromatic rings. The first kappa shape index (κ1) is 11.0. The maximum atomic E-state index is 5.56. The standard InChI is InChI=1S/C12H17N3O/c1-9-4-5-11-10(8-9)14-12(16-11)13-6-7-15(2)3/h4-5,8H,6-7H2,1-3H3,(H,13,14). The molecule has 4 nitrogen and oxygen atoms in total. The van der Waals surface area contributed by atoms with E-state index in [0.717, 1.165) is 24.2 Å². The summed E-state index contributed by atoms with van der Waals surface area (Å²) < 4.78 is 5.56. The van der Waals surface area contributed by atoms with Crippen LogP contribution in [-0.4, -0.2) is 37.1 Å². The third-order valence-electron chi connectivity index (χ3n) is 2.38. The predicted octanol–water partition coefficient (Wildman–Crippen LogP) is 2.11. The Morgan fingerprint density at radius 2 is 2.19 bits per heavy atom. The number of hydrogen-bond donors (Lipinski definition) is 1. The Morgan fingerprint density at radius 3 is 2.94 bits per heavy atom. The highest BCUT2D eigenvalue weighted by Gasteiger charge is 2.04. The number of anilines is 1. The molecule has 0 radical (unpaired) electrons. The van der Waals surface area contributed by atoms with Crippen molar-refractivity contribution in [3.05, 3.63) is 23.8 Å². The zero-order valence-electron chi connectivity index (χ0n) is 9.95. The fourth-order valence-electron chi connectivity index (χ4n) is 1.50. The van der Waals surface area contributed by atoms with Gasteiger partial charge in [0.15, 0.2) is 5.58 Å². The number of oxazole rings is 1. The Kier molecular flexibility index (Phi) is 3.10. The number of likely N-dealkylation sites (N-methyl/N-ethyl adjacent to an activating group) is 1. The summed E-state index contributed by atoms with van der Waals surface area (Å²) in [5, 5.41) is 3.17. The first-order valence-corrected chi connectivity index (χ1v) is 5.41. The molecule has 0 unspecified atom stereocenters. The quantitative estimate of drug-likeness (QED) is 0.855. The summed E-state index contributed by atoms with van der Waals surface area (Å²) in [4.78, 5) is 6.49. The van der Waals surface area contributed by atoms with Crippen LogP contribution in [0.3, 0.4) is 0 Å². The lowest BCUT2D eigenvalue weighted by molar-refractivity contribution is 0.423. The van der Waals surface area contributed by atoms with E-state index in [2.05, 4.69) is 15.2 Å². The first-order chi connectivity index (χ1) is 7.65. The molecule has 0 saturated heterocycles. The van der Waals surface area contributed by atoms with Crippen LogP contribution in [0, 0.1) is 6.92 Å². The van der Waals surface area contributed by atoms with Crippen LogP contribution in [0.2, 0.25) is 0 Å². The molecule has 1 heterocycles. The molecule has 0 atom stereocenters. The summed E-state index contributed by atoms with van der Waals surface area (Å²) in [6.07, 6.45) is 0. The maximum absolute atomic E-state index is 5.56. The van der Waals surface area contributed by atoms with E-state index in [4.69, 9.17) is 4.42 Å². The number of fused-ring (bicyclic) bond motifs is 1. The normalized spacial score (nSPS) is 11.2. The molecule has 16 heavy (non-hydrogen) atoms. The van der Waals surface area contributed by atoms with Crippen molar-refractivity contribution in [3.8, 4) is 0 Å². The Labute approximate surface area is 95.3 Å². The lowest BCUT2D eigenvalue weighted by Crippen LogP contribution is -2.20. The maximum Gasteiger partial charge on any atom is 0.295 e. The molecule has 0 aliphatic rings. The summed E-state index contributed by atoms with van der Waals surface area (Å²) in [6.45, 7) is 3.84. The Morgan fingerprint density at radius 1 is 1.38 bits per heavy atom. The van der Waals surface area contributed by atoms with Crippen LogP contribution in [0.25, 0.3) is 11.1 Å². The second-order valence-corrected chi connectivity index (χ2v) is 4.22. The fourth-order valence-corrected chi connectivity index (χ4v) is 1.50. The van der Waals surface area contributed by atoms with Gasteiger partial charge in [-0.15, -0.1) is 0 Å². The van der Waals surface area contributed by atoms with E-state index in [0.29, 0.717) is 6.01 Å². The van der Waals surface area contributed by atoms with Crippen molar-refractivity contribution in [3.63, 3.8) is 0 Å². The Bertz CT molecular complexity index is 476. The van der Waals surface area contributed by atoms with Gasteiger partial charge in [-0.1, -0.05) is 6.07 Å². The molecule has 4 heteroatoms. The molecule has 86 valence electrons. The van der Waals surface area contributed by atoms with Crippen molar-refractivity contribution in [2.45, 2.75) is 6.92 Å². The Hall–Kier alpha value is -1.55. The fraction of sp³-hybridized carbons (Fsp3) is 0.417. The number of aryl methyl sites for hydroxylation is 1. The van der Waals surface area contributed by atoms with Gasteiger partial charge in [0.25, 0.3) is 6.01 Å². The molecular formula is C12H17N3O. The minimum Gasteiger partial charge on any atom is -0.424 e. The molecule has 1 aromatic heterocycles. The number of nitrogens with zero attached hydrogens (tertiary/aromatic N) is 2. The molecule has 0 aliphatic carbocycles. The van der Waals surface area contributed by atoms with Crippen molar-refractivity contribution in [2.24, 2.45) is 0 Å². The van der Waals surface area contributed by atoms with E-state index in [1.807, 2.05) is 39.2 Å². The molecule has 0 spiro atoms. The average molecular weight is 219 g/mol. The minimum atomic E-state index is 0.599. The second-order valence-electron chi connectivity index (χ2n) is 4.22. The zero-order valence-corrected chi connectivity index (χ0v) is 9.95. The van der Waals surface area contributed by atoms with Crippen LogP contribution in [0.1, 0.15) is 5.56 Å². The zero-order chi connectivity index (χ0) is 11.5. The topological polar surface area (TPSA) is 41.3 Å². The molecule has 2 rings (SSSR count). The number of benzene rings is 1. The van der Waals surface area contributed by atoms with E-state index in [9.17, 15) is 0 Å². The van der Waals surface area contributed by atoms with Crippen molar-refractivity contribution >= 4 is 17.1 Å². The number of rotatable bonds is 4. The van der Waals surface area contributed by atoms with E-state index < -0.39 is 0 Å². The summed E-state index contributed by atoms with van der Waals surface area (Å²) in [7, 11) is 4.08. The molecule has 1 aromatic carbocycles. The van der Waals surface area contributed by atoms with Crippen LogP contribution < -0.4 is 5.32 Å². The first-order valence-electron chi connectivity index (χ1n) is 5.41. The smallest absolute Gasteiger partial charge is 0.295 e. The summed E-state index contributed by atoms with van der Waals surface area (Å²) in [5.74, 6) is 0. The van der Waals surface area contributed by atoms with Gasteiger partial charge in [0, 0.05) is 13.1 Å². The van der Waals surface area contributed by atoms with Crippen molar-refractivity contribution in [1.82, 2.24) is 9.88 Å². The molecule has 0 bridgehead atoms. The molecule has 0 fully saturated rings. The molecule has 0 amide bonds. The van der Waals surface area contributed by atoms with Gasteiger partial charge in [0.2, 0.25) is 0 Å². The second kappa shape index (κ2) is 4.53. The van der Waals surface area contributed by atoms with E-state index in [1.165, 1.54) is 5.56 Å². The number of aromatic nitrogens is 1. The van der Waals surface area contributed by atoms with Gasteiger partial charge in [0.05, 0.1) is 0 Å². The third kappa shape index (κ3) is 2.52. The van der Waals surface area contributed by atoms with Gasteiger partial charge in [0.1, 0.15) is 5.52 Å². The highest BCUT2D eigenvalue weighted by Crippen LogP contribution is 2.19. The Balaban J connectivity index is 2.08. The summed E-state index contributed by atoms with van der Waals surface area (Å²) >= 11 is 0. The van der Waals surface area contributed by atoms with Crippen LogP contribution >= 0.6 is 0 Å². The summed E-state index contributed by atoms with van der Waals surface area (Å²) in [5.41, 5.74) is 2.94. The molecule has 0 saturated carbocycles. The van der Waals surface area contributed by atoms with E-state index in [-0.39, 0.29) is 0 Å². The van der Waals surface area contributed by atoms with Gasteiger partial charge in [-0.05, 0) is 38.7 Å². The van der Waals surface area contributed by atoms with E-state index in [1.54, 1.807) is 0 Å². The highest BCUT2D eigenvalue weighted by atomic mass is 16.4. The molecule has 0 aliphatic heterocycles. The lowest BCUT2D eigenvalue weighted by atomic mass is 10.2. The minimum absolute atomic E-state index is 0.599. The van der Waals surface area contributed by atoms with Crippen molar-refractivity contribution in [2.75, 3.05) is 32.5 Å². The van der Waals surface area contributed by atoms with Crippen molar-refractivity contribution in [1.29, 1.82) is 0 Å². The number of hydrogen-bond acceptors (Lipinski definition) is 4. The lowest BCUT2D eigenvalue weighted by Gasteiger charge is -2.08. The summed E-state index contributed by atoms with van der Waals surface area (Å²) in [6, 6.07) is 6.60. The van der Waals surface area contributed by atoms with Crippen LogP contribution in [-0.2, 0) is 0 Å². The van der Waals surface area contributed by atoms with Crippen LogP contribution in [0.15, 0.2) is 22.6 Å². The third-order valence-corrected chi connectivity index (χ3v) is 2.38. The molecular weight excluding hydrogens is 202 g/mol. The monoisotopic (exact) mass is 219 g/mol. The van der Waals surface area contributed by atoms with Gasteiger partial charge in [-0.2, -0.15) is 4.98 Å². The van der Waals surface area contributed by atoms with Gasteiger partial charge in [-0.3, -0.25) is 0 Å². The van der Waals surface area contributed by atoms with Gasteiger partial charge < -0.3 is 14.6 Å². The van der Waals surface area contributed by atoms with E-state index >= 15 is 0 Å². The molecule has 1 N–H and O–H groups in total. The number of nitrogens with one attached hydrogen (secondary N) is 1. The average Bonchev–Trinajstić information content (AvgIpc) is 2.58. The predicted molar refractivity (Wildman–Crippen MR) is 65.8 cm³/mol. The van der Waals surface area contributed by atoms with Gasteiger partial charge in [-0.25, -0.2) is 0 Å². The highest BCUT2D eigenvalue weighted by molar-refractivity contribution is 5.75. The van der Waals surface area contributed by atoms with Crippen LogP contribution in [0.5, 0.6) is 0 Å². The SMILES string of the molecule is Cc1ccc2oc(NCCN(C)C)nc2c1.